The minimum atomic E-state index is -4.05. The average Bonchev–Trinajstić information content (AvgIpc) is 3.30. The summed E-state index contributed by atoms with van der Waals surface area (Å²) < 4.78 is 41.8. The van der Waals surface area contributed by atoms with E-state index >= 15 is 0 Å². The van der Waals surface area contributed by atoms with E-state index in [4.69, 9.17) is 32.7 Å². The molecule has 2 heterocycles. The number of piperidine rings is 1. The molecule has 5 rings (SSSR count). The Morgan fingerprint density at radius 2 is 1.76 bits per heavy atom. The maximum Gasteiger partial charge on any atom is 0.410 e. The molecule has 45 heavy (non-hydrogen) atoms. The molecule has 1 fully saturated rings. The maximum atomic E-state index is 13.6. The van der Waals surface area contributed by atoms with Crippen LogP contribution in [0.3, 0.4) is 0 Å². The predicted molar refractivity (Wildman–Crippen MR) is 175 cm³/mol. The van der Waals surface area contributed by atoms with Crippen molar-refractivity contribution < 1.29 is 27.5 Å². The third-order valence-electron chi connectivity index (χ3n) is 7.94. The van der Waals surface area contributed by atoms with E-state index in [1.54, 1.807) is 52.8 Å². The molecule has 1 atom stereocenters. The van der Waals surface area contributed by atoms with Gasteiger partial charge in [0.25, 0.3) is 5.91 Å². The first-order valence-corrected chi connectivity index (χ1v) is 17.2. The predicted octanol–water partition coefficient (Wildman–Crippen LogP) is 6.98. The Hall–Kier alpha value is -3.73. The number of fused-ring (bicyclic) bond motifs is 1. The van der Waals surface area contributed by atoms with Crippen LogP contribution in [0.2, 0.25) is 10.0 Å². The standard InChI is InChI=1S/C33H35Cl2N3O6S/c1-23-27-21-25(34)14-15-29(27)38(18-19-43-30-13-6-5-12-28(30)35)31(23)32(39)36-45(41,42)20-16-26-11-7-8-17-37(26)33(40)44-22-24-9-3-2-4-10-24/h2-6,9-10,12-15,21,26H,7-8,11,16-20,22H2,1H3,(H,36,39)/t26-/m1/s1. The Morgan fingerprint density at radius 1 is 1.00 bits per heavy atom. The Kier molecular flexibility index (Phi) is 10.6. The highest BCUT2D eigenvalue weighted by molar-refractivity contribution is 7.90. The number of benzene rings is 3. The van der Waals surface area contributed by atoms with Crippen LogP contribution in [0.25, 0.3) is 10.9 Å². The highest BCUT2D eigenvalue weighted by Crippen LogP contribution is 2.29. The van der Waals surface area contributed by atoms with Crippen LogP contribution in [0, 0.1) is 6.92 Å². The molecule has 9 nitrogen and oxygen atoms in total. The molecule has 1 aliphatic heterocycles. The van der Waals surface area contributed by atoms with Crippen LogP contribution in [-0.4, -0.2) is 54.8 Å². The summed E-state index contributed by atoms with van der Waals surface area (Å²) >= 11 is 12.5. The van der Waals surface area contributed by atoms with Gasteiger partial charge in [-0.05, 0) is 74.1 Å². The highest BCUT2D eigenvalue weighted by atomic mass is 35.5. The van der Waals surface area contributed by atoms with Crippen LogP contribution in [0.1, 0.15) is 47.3 Å². The summed E-state index contributed by atoms with van der Waals surface area (Å²) in [5.74, 6) is -0.572. The van der Waals surface area contributed by atoms with Gasteiger partial charge in [0.05, 0.1) is 17.3 Å². The number of carbonyl (C=O) groups excluding carboxylic acids is 2. The summed E-state index contributed by atoms with van der Waals surface area (Å²) in [5, 5.41) is 1.69. The Balaban J connectivity index is 1.27. The molecule has 12 heteroatoms. The molecule has 0 bridgehead atoms. The zero-order valence-electron chi connectivity index (χ0n) is 24.9. The van der Waals surface area contributed by atoms with Crippen LogP contribution in [0.5, 0.6) is 5.75 Å². The Labute approximate surface area is 273 Å². The van der Waals surface area contributed by atoms with Crippen LogP contribution >= 0.6 is 23.2 Å². The van der Waals surface area contributed by atoms with E-state index in [0.29, 0.717) is 39.8 Å². The molecular weight excluding hydrogens is 637 g/mol. The number of para-hydroxylation sites is 1. The van der Waals surface area contributed by atoms with Crippen molar-refractivity contribution in [2.24, 2.45) is 0 Å². The Morgan fingerprint density at radius 3 is 2.53 bits per heavy atom. The third-order valence-corrected chi connectivity index (χ3v) is 9.75. The van der Waals surface area contributed by atoms with Crippen molar-refractivity contribution >= 4 is 56.1 Å². The van der Waals surface area contributed by atoms with Gasteiger partial charge in [0.1, 0.15) is 24.7 Å². The number of ether oxygens (including phenoxy) is 2. The number of nitrogens with zero attached hydrogens (tertiary/aromatic N) is 2. The van der Waals surface area contributed by atoms with Gasteiger partial charge in [-0.15, -0.1) is 0 Å². The van der Waals surface area contributed by atoms with Gasteiger partial charge in [0, 0.05) is 28.5 Å². The van der Waals surface area contributed by atoms with Crippen LogP contribution in [-0.2, 0) is 27.9 Å². The van der Waals surface area contributed by atoms with Gasteiger partial charge in [-0.2, -0.15) is 0 Å². The molecule has 238 valence electrons. The number of carbonyl (C=O) groups is 2. The number of rotatable bonds is 11. The van der Waals surface area contributed by atoms with Crippen molar-refractivity contribution in [1.29, 1.82) is 0 Å². The first kappa shape index (κ1) is 32.7. The summed E-state index contributed by atoms with van der Waals surface area (Å²) in [7, 11) is -4.05. The second-order valence-electron chi connectivity index (χ2n) is 11.0. The summed E-state index contributed by atoms with van der Waals surface area (Å²) in [6.45, 7) is 2.82. The van der Waals surface area contributed by atoms with Gasteiger partial charge in [-0.3, -0.25) is 4.79 Å². The highest BCUT2D eigenvalue weighted by Gasteiger charge is 2.30. The molecule has 1 N–H and O–H groups in total. The molecule has 0 unspecified atom stereocenters. The van der Waals surface area contributed by atoms with Gasteiger partial charge in [-0.25, -0.2) is 17.9 Å². The lowest BCUT2D eigenvalue weighted by Gasteiger charge is -2.34. The van der Waals surface area contributed by atoms with Crippen molar-refractivity contribution in [3.8, 4) is 5.75 Å². The van der Waals surface area contributed by atoms with Crippen molar-refractivity contribution in [3.63, 3.8) is 0 Å². The van der Waals surface area contributed by atoms with Crippen molar-refractivity contribution in [1.82, 2.24) is 14.2 Å². The van der Waals surface area contributed by atoms with Gasteiger partial charge < -0.3 is 18.9 Å². The summed E-state index contributed by atoms with van der Waals surface area (Å²) in [6, 6.07) is 21.4. The molecule has 2 amide bonds. The zero-order valence-corrected chi connectivity index (χ0v) is 27.2. The van der Waals surface area contributed by atoms with Gasteiger partial charge in [0.2, 0.25) is 10.0 Å². The Bertz CT molecular complexity index is 1780. The topological polar surface area (TPSA) is 107 Å². The fraction of sp³-hybridized carbons (Fsp3) is 0.333. The van der Waals surface area contributed by atoms with E-state index in [0.717, 1.165) is 23.8 Å². The smallest absolute Gasteiger partial charge is 0.410 e. The molecule has 1 aromatic heterocycles. The van der Waals surface area contributed by atoms with Crippen LogP contribution in [0.4, 0.5) is 4.79 Å². The van der Waals surface area contributed by atoms with Crippen LogP contribution < -0.4 is 9.46 Å². The molecule has 3 aromatic carbocycles. The van der Waals surface area contributed by atoms with Gasteiger partial charge in [0.15, 0.2) is 0 Å². The minimum Gasteiger partial charge on any atom is -0.490 e. The lowest BCUT2D eigenvalue weighted by molar-refractivity contribution is 0.0672. The van der Waals surface area contributed by atoms with E-state index < -0.39 is 22.0 Å². The van der Waals surface area contributed by atoms with Crippen molar-refractivity contribution in [2.45, 2.75) is 51.8 Å². The number of hydrogen-bond acceptors (Lipinski definition) is 6. The molecule has 0 radical (unpaired) electrons. The number of amides is 2. The number of nitrogens with one attached hydrogen (secondary N) is 1. The maximum absolute atomic E-state index is 13.6. The SMILES string of the molecule is Cc1c(C(=O)NS(=O)(=O)CC[C@H]2CCCCN2C(=O)OCc2ccccc2)n(CCOc2ccccc2Cl)c2ccc(Cl)cc12. The third kappa shape index (κ3) is 8.11. The number of hydrogen-bond donors (Lipinski definition) is 1. The second kappa shape index (κ2) is 14.6. The molecular formula is C33H35Cl2N3O6S. The summed E-state index contributed by atoms with van der Waals surface area (Å²) in [5.41, 5.74) is 2.38. The molecule has 4 aromatic rings. The second-order valence-corrected chi connectivity index (χ2v) is 13.7. The largest absolute Gasteiger partial charge is 0.490 e. The van der Waals surface area contributed by atoms with Crippen molar-refractivity contribution in [2.75, 3.05) is 18.9 Å². The first-order chi connectivity index (χ1) is 21.6. The number of aryl methyl sites for hydroxylation is 1. The molecule has 0 saturated carbocycles. The molecule has 1 aliphatic rings. The lowest BCUT2D eigenvalue weighted by atomic mass is 10.0. The zero-order chi connectivity index (χ0) is 32.0. The number of likely N-dealkylation sites (tertiary alicyclic amines) is 1. The monoisotopic (exact) mass is 671 g/mol. The number of aromatic nitrogens is 1. The summed E-state index contributed by atoms with van der Waals surface area (Å²) in [4.78, 5) is 28.1. The lowest BCUT2D eigenvalue weighted by Crippen LogP contribution is -2.45. The van der Waals surface area contributed by atoms with E-state index in [1.807, 2.05) is 36.4 Å². The van der Waals surface area contributed by atoms with Crippen molar-refractivity contribution in [3.05, 3.63) is 99.7 Å². The summed E-state index contributed by atoms with van der Waals surface area (Å²) in [6.07, 6.45) is 2.05. The van der Waals surface area contributed by atoms with Gasteiger partial charge in [-0.1, -0.05) is 65.7 Å². The number of halogens is 2. The quantitative estimate of drug-likeness (QED) is 0.184. The van der Waals surface area contributed by atoms with E-state index in [1.165, 1.54) is 0 Å². The normalized spacial score (nSPS) is 15.2. The van der Waals surface area contributed by atoms with E-state index in [2.05, 4.69) is 4.72 Å². The fourth-order valence-electron chi connectivity index (χ4n) is 5.70. The van der Waals surface area contributed by atoms with E-state index in [-0.39, 0.29) is 43.7 Å². The first-order valence-electron chi connectivity index (χ1n) is 14.8. The fourth-order valence-corrected chi connectivity index (χ4v) is 7.13. The molecule has 0 spiro atoms. The minimum absolute atomic E-state index is 0.138. The molecule has 1 saturated heterocycles. The molecule has 0 aliphatic carbocycles. The average molecular weight is 673 g/mol. The van der Waals surface area contributed by atoms with Gasteiger partial charge >= 0.3 is 6.09 Å². The van der Waals surface area contributed by atoms with E-state index in [9.17, 15) is 18.0 Å². The van der Waals surface area contributed by atoms with Crippen LogP contribution in [0.15, 0.2) is 72.8 Å². The number of sulfonamides is 1.